The van der Waals surface area contributed by atoms with Crippen molar-refractivity contribution in [2.75, 3.05) is 6.61 Å². The molecular weight excluding hydrogens is 260 g/mol. The van der Waals surface area contributed by atoms with Gasteiger partial charge in [0.2, 0.25) is 0 Å². The normalized spacial score (nSPS) is 14.5. The molecule has 0 fully saturated rings. The molecule has 21 heavy (non-hydrogen) atoms. The first kappa shape index (κ1) is 14.2. The molecule has 1 aliphatic rings. The largest absolute Gasteiger partial charge is 0.493 e. The summed E-state index contributed by atoms with van der Waals surface area (Å²) >= 11 is 0. The first-order valence-electron chi connectivity index (χ1n) is 7.78. The van der Waals surface area contributed by atoms with E-state index in [1.165, 1.54) is 16.7 Å². The molecule has 0 bridgehead atoms. The van der Waals surface area contributed by atoms with E-state index in [4.69, 9.17) is 4.74 Å². The molecule has 2 aromatic rings. The quantitative estimate of drug-likeness (QED) is 0.878. The third kappa shape index (κ3) is 3.85. The lowest BCUT2D eigenvalue weighted by Crippen LogP contribution is -2.09. The van der Waals surface area contributed by atoms with Crippen LogP contribution in [0.15, 0.2) is 48.5 Å². The zero-order valence-corrected chi connectivity index (χ0v) is 12.3. The fourth-order valence-electron chi connectivity index (χ4n) is 2.85. The summed E-state index contributed by atoms with van der Waals surface area (Å²) in [6.45, 7) is 0.804. The standard InChI is InChI=1S/C19H22O2/c20-18(9-6-15-4-2-1-3-5-15)10-7-16-8-11-19-17(14-16)12-13-21-19/h1-5,8,11,14,18,20H,6-7,9-10,12-13H2. The molecule has 0 amide bonds. The number of rotatable bonds is 6. The van der Waals surface area contributed by atoms with E-state index < -0.39 is 0 Å². The first-order valence-corrected chi connectivity index (χ1v) is 7.78. The molecular formula is C19H22O2. The van der Waals surface area contributed by atoms with E-state index >= 15 is 0 Å². The van der Waals surface area contributed by atoms with Crippen molar-refractivity contribution in [1.29, 1.82) is 0 Å². The average molecular weight is 282 g/mol. The Morgan fingerprint density at radius 1 is 0.952 bits per heavy atom. The minimum atomic E-state index is -0.227. The van der Waals surface area contributed by atoms with Gasteiger partial charge in [0.15, 0.2) is 0 Å². The van der Waals surface area contributed by atoms with Crippen LogP contribution in [0.1, 0.15) is 29.5 Å². The number of aliphatic hydroxyl groups excluding tert-OH is 1. The van der Waals surface area contributed by atoms with E-state index in [1.807, 2.05) is 18.2 Å². The maximum Gasteiger partial charge on any atom is 0.122 e. The van der Waals surface area contributed by atoms with Gasteiger partial charge in [-0.1, -0.05) is 42.5 Å². The van der Waals surface area contributed by atoms with E-state index in [1.54, 1.807) is 0 Å². The summed E-state index contributed by atoms with van der Waals surface area (Å²) in [5.74, 6) is 1.03. The van der Waals surface area contributed by atoms with Crippen molar-refractivity contribution in [2.45, 2.75) is 38.2 Å². The number of benzene rings is 2. The summed E-state index contributed by atoms with van der Waals surface area (Å²) < 4.78 is 5.52. The Kier molecular flexibility index (Phi) is 4.56. The van der Waals surface area contributed by atoms with Crippen LogP contribution in [0.5, 0.6) is 5.75 Å². The second kappa shape index (κ2) is 6.77. The van der Waals surface area contributed by atoms with Gasteiger partial charge in [0.05, 0.1) is 12.7 Å². The third-order valence-electron chi connectivity index (χ3n) is 4.13. The number of fused-ring (bicyclic) bond motifs is 1. The monoisotopic (exact) mass is 282 g/mol. The van der Waals surface area contributed by atoms with Crippen molar-refractivity contribution in [3.05, 3.63) is 65.2 Å². The van der Waals surface area contributed by atoms with Crippen molar-refractivity contribution < 1.29 is 9.84 Å². The maximum absolute atomic E-state index is 10.1. The molecule has 1 atom stereocenters. The van der Waals surface area contributed by atoms with Crippen LogP contribution < -0.4 is 4.74 Å². The van der Waals surface area contributed by atoms with Crippen LogP contribution >= 0.6 is 0 Å². The Morgan fingerprint density at radius 2 is 1.71 bits per heavy atom. The Labute approximate surface area is 126 Å². The van der Waals surface area contributed by atoms with Gasteiger partial charge in [0.1, 0.15) is 5.75 Å². The highest BCUT2D eigenvalue weighted by atomic mass is 16.5. The second-order valence-electron chi connectivity index (χ2n) is 5.76. The van der Waals surface area contributed by atoms with Gasteiger partial charge in [-0.15, -0.1) is 0 Å². The lowest BCUT2D eigenvalue weighted by atomic mass is 10.00. The summed E-state index contributed by atoms with van der Waals surface area (Å²) in [7, 11) is 0. The Morgan fingerprint density at radius 3 is 2.52 bits per heavy atom. The predicted molar refractivity (Wildman–Crippen MR) is 84.7 cm³/mol. The van der Waals surface area contributed by atoms with Gasteiger partial charge in [-0.05, 0) is 48.4 Å². The van der Waals surface area contributed by atoms with Gasteiger partial charge in [0, 0.05) is 6.42 Å². The zero-order chi connectivity index (χ0) is 14.5. The summed E-state index contributed by atoms with van der Waals surface area (Å²) in [5, 5.41) is 10.1. The predicted octanol–water partition coefficient (Wildman–Crippen LogP) is 3.55. The SMILES string of the molecule is OC(CCc1ccccc1)CCc1ccc2c(c1)CCO2. The number of aryl methyl sites for hydroxylation is 2. The summed E-state index contributed by atoms with van der Waals surface area (Å²) in [6, 6.07) is 16.8. The van der Waals surface area contributed by atoms with Crippen molar-refractivity contribution in [1.82, 2.24) is 0 Å². The van der Waals surface area contributed by atoms with E-state index in [2.05, 4.69) is 30.3 Å². The molecule has 1 aliphatic heterocycles. The Balaban J connectivity index is 1.46. The minimum absolute atomic E-state index is 0.227. The molecule has 1 heterocycles. The molecule has 3 rings (SSSR count). The molecule has 0 spiro atoms. The average Bonchev–Trinajstić information content (AvgIpc) is 2.99. The zero-order valence-electron chi connectivity index (χ0n) is 12.3. The third-order valence-corrected chi connectivity index (χ3v) is 4.13. The van der Waals surface area contributed by atoms with Crippen molar-refractivity contribution in [3.8, 4) is 5.75 Å². The fraction of sp³-hybridized carbons (Fsp3) is 0.368. The van der Waals surface area contributed by atoms with Gasteiger partial charge in [-0.25, -0.2) is 0 Å². The molecule has 0 aliphatic carbocycles. The van der Waals surface area contributed by atoms with Gasteiger partial charge < -0.3 is 9.84 Å². The molecule has 2 heteroatoms. The summed E-state index contributed by atoms with van der Waals surface area (Å²) in [6.07, 6.45) is 4.32. The van der Waals surface area contributed by atoms with Crippen molar-refractivity contribution >= 4 is 0 Å². The molecule has 0 aromatic heterocycles. The minimum Gasteiger partial charge on any atom is -0.493 e. The lowest BCUT2D eigenvalue weighted by Gasteiger charge is -2.11. The fourth-order valence-corrected chi connectivity index (χ4v) is 2.85. The molecule has 2 aromatic carbocycles. The Hall–Kier alpha value is -1.80. The van der Waals surface area contributed by atoms with E-state index in [-0.39, 0.29) is 6.10 Å². The molecule has 1 N–H and O–H groups in total. The highest BCUT2D eigenvalue weighted by Crippen LogP contribution is 2.26. The van der Waals surface area contributed by atoms with E-state index in [9.17, 15) is 5.11 Å². The summed E-state index contributed by atoms with van der Waals surface area (Å²) in [5.41, 5.74) is 3.91. The molecule has 0 radical (unpaired) electrons. The lowest BCUT2D eigenvalue weighted by molar-refractivity contribution is 0.155. The van der Waals surface area contributed by atoms with Crippen LogP contribution in [0.3, 0.4) is 0 Å². The second-order valence-corrected chi connectivity index (χ2v) is 5.76. The Bertz CT molecular complexity index is 577. The topological polar surface area (TPSA) is 29.5 Å². The van der Waals surface area contributed by atoms with Crippen molar-refractivity contribution in [2.24, 2.45) is 0 Å². The molecule has 0 saturated carbocycles. The van der Waals surface area contributed by atoms with Crippen LogP contribution in [-0.4, -0.2) is 17.8 Å². The van der Waals surface area contributed by atoms with Gasteiger partial charge in [-0.3, -0.25) is 0 Å². The smallest absolute Gasteiger partial charge is 0.122 e. The summed E-state index contributed by atoms with van der Waals surface area (Å²) in [4.78, 5) is 0. The van der Waals surface area contributed by atoms with Gasteiger partial charge >= 0.3 is 0 Å². The van der Waals surface area contributed by atoms with E-state index in [0.717, 1.165) is 44.5 Å². The van der Waals surface area contributed by atoms with E-state index in [0.29, 0.717) is 0 Å². The number of hydrogen-bond donors (Lipinski definition) is 1. The van der Waals surface area contributed by atoms with Crippen LogP contribution in [0.25, 0.3) is 0 Å². The highest BCUT2D eigenvalue weighted by Gasteiger charge is 2.12. The van der Waals surface area contributed by atoms with Crippen LogP contribution in [0.4, 0.5) is 0 Å². The van der Waals surface area contributed by atoms with Crippen LogP contribution in [-0.2, 0) is 19.3 Å². The van der Waals surface area contributed by atoms with Gasteiger partial charge in [-0.2, -0.15) is 0 Å². The number of ether oxygens (including phenoxy) is 1. The molecule has 0 saturated heterocycles. The molecule has 1 unspecified atom stereocenters. The van der Waals surface area contributed by atoms with Crippen molar-refractivity contribution in [3.63, 3.8) is 0 Å². The number of aliphatic hydroxyl groups is 1. The number of hydrogen-bond acceptors (Lipinski definition) is 2. The highest BCUT2D eigenvalue weighted by molar-refractivity contribution is 5.39. The molecule has 2 nitrogen and oxygen atoms in total. The van der Waals surface area contributed by atoms with Crippen LogP contribution in [0, 0.1) is 0 Å². The van der Waals surface area contributed by atoms with Gasteiger partial charge in [0.25, 0.3) is 0 Å². The van der Waals surface area contributed by atoms with Crippen LogP contribution in [0.2, 0.25) is 0 Å². The maximum atomic E-state index is 10.1. The molecule has 110 valence electrons. The first-order chi connectivity index (χ1) is 10.3.